The van der Waals surface area contributed by atoms with Gasteiger partial charge in [0, 0.05) is 16.9 Å². The first-order chi connectivity index (χ1) is 9.10. The molecule has 0 aliphatic heterocycles. The van der Waals surface area contributed by atoms with Gasteiger partial charge in [-0.05, 0) is 49.7 Å². The number of ether oxygens (including phenoxy) is 1. The summed E-state index contributed by atoms with van der Waals surface area (Å²) >= 11 is 0. The number of carbonyl (C=O) groups excluding carboxylic acids is 1. The minimum Gasteiger partial charge on any atom is -0.497 e. The van der Waals surface area contributed by atoms with Crippen LogP contribution in [0.5, 0.6) is 5.75 Å². The Morgan fingerprint density at radius 2 is 1.95 bits per heavy atom. The zero-order valence-electron chi connectivity index (χ0n) is 11.4. The molecule has 0 radical (unpaired) electrons. The van der Waals surface area contributed by atoms with Crippen molar-refractivity contribution in [1.29, 1.82) is 0 Å². The van der Waals surface area contributed by atoms with Crippen molar-refractivity contribution in [2.24, 2.45) is 0 Å². The fourth-order valence-corrected chi connectivity index (χ4v) is 1.87. The van der Waals surface area contributed by atoms with Crippen LogP contribution in [0.4, 0.5) is 11.4 Å². The quantitative estimate of drug-likeness (QED) is 0.841. The van der Waals surface area contributed by atoms with Crippen molar-refractivity contribution < 1.29 is 9.53 Å². The molecule has 3 heteroatoms. The van der Waals surface area contributed by atoms with Gasteiger partial charge in [-0.25, -0.2) is 0 Å². The highest BCUT2D eigenvalue weighted by molar-refractivity contribution is 5.95. The zero-order valence-corrected chi connectivity index (χ0v) is 11.4. The van der Waals surface area contributed by atoms with Crippen LogP contribution in [-0.2, 0) is 0 Å². The topological polar surface area (TPSA) is 38.3 Å². The number of aryl methyl sites for hydroxylation is 1. The van der Waals surface area contributed by atoms with Crippen molar-refractivity contribution in [3.8, 4) is 5.75 Å². The molecule has 0 spiro atoms. The van der Waals surface area contributed by atoms with Gasteiger partial charge in [-0.2, -0.15) is 0 Å². The first kappa shape index (κ1) is 13.1. The van der Waals surface area contributed by atoms with E-state index in [4.69, 9.17) is 4.74 Å². The fraction of sp³-hybridized carbons (Fsp3) is 0.188. The number of hydrogen-bond acceptors (Lipinski definition) is 3. The van der Waals surface area contributed by atoms with Gasteiger partial charge in [-0.1, -0.05) is 12.1 Å². The fourth-order valence-electron chi connectivity index (χ4n) is 1.87. The van der Waals surface area contributed by atoms with Crippen LogP contribution in [0.15, 0.2) is 42.5 Å². The van der Waals surface area contributed by atoms with Crippen molar-refractivity contribution in [3.63, 3.8) is 0 Å². The van der Waals surface area contributed by atoms with Gasteiger partial charge >= 0.3 is 0 Å². The van der Waals surface area contributed by atoms with Crippen molar-refractivity contribution in [2.45, 2.75) is 13.8 Å². The van der Waals surface area contributed by atoms with E-state index in [1.54, 1.807) is 14.0 Å². The number of Topliss-reactive ketones (excluding diaryl/α,β-unsaturated/α-hetero) is 1. The predicted molar refractivity (Wildman–Crippen MR) is 77.5 cm³/mol. The van der Waals surface area contributed by atoms with Crippen LogP contribution in [0.3, 0.4) is 0 Å². The van der Waals surface area contributed by atoms with Crippen molar-refractivity contribution in [1.82, 2.24) is 0 Å². The molecule has 0 unspecified atom stereocenters. The standard InChI is InChI=1S/C16H17NO2/c1-11-9-15(19-3)7-8-16(11)17-14-6-4-5-13(10-14)12(2)18/h4-10,17H,1-3H3. The molecule has 19 heavy (non-hydrogen) atoms. The van der Waals surface area contributed by atoms with Gasteiger partial charge in [0.2, 0.25) is 0 Å². The normalized spacial score (nSPS) is 10.1. The van der Waals surface area contributed by atoms with E-state index in [1.165, 1.54) is 0 Å². The summed E-state index contributed by atoms with van der Waals surface area (Å²) in [4.78, 5) is 11.4. The molecule has 0 aliphatic rings. The molecule has 0 atom stereocenters. The highest BCUT2D eigenvalue weighted by Gasteiger charge is 2.03. The minimum absolute atomic E-state index is 0.0649. The lowest BCUT2D eigenvalue weighted by molar-refractivity contribution is 0.101. The summed E-state index contributed by atoms with van der Waals surface area (Å²) in [7, 11) is 1.65. The van der Waals surface area contributed by atoms with Crippen LogP contribution in [-0.4, -0.2) is 12.9 Å². The van der Waals surface area contributed by atoms with Crippen molar-refractivity contribution in [3.05, 3.63) is 53.6 Å². The lowest BCUT2D eigenvalue weighted by Crippen LogP contribution is -1.97. The molecule has 0 fully saturated rings. The van der Waals surface area contributed by atoms with Crippen LogP contribution < -0.4 is 10.1 Å². The number of benzene rings is 2. The Kier molecular flexibility index (Phi) is 3.85. The zero-order chi connectivity index (χ0) is 13.8. The number of methoxy groups -OCH3 is 1. The molecule has 2 aromatic carbocycles. The molecule has 0 aromatic heterocycles. The Hall–Kier alpha value is -2.29. The maximum Gasteiger partial charge on any atom is 0.159 e. The van der Waals surface area contributed by atoms with Gasteiger partial charge in [-0.15, -0.1) is 0 Å². The molecule has 1 N–H and O–H groups in total. The summed E-state index contributed by atoms with van der Waals surface area (Å²) < 4.78 is 5.18. The average molecular weight is 255 g/mol. The molecular weight excluding hydrogens is 238 g/mol. The van der Waals surface area contributed by atoms with E-state index in [0.717, 1.165) is 22.7 Å². The van der Waals surface area contributed by atoms with Gasteiger partial charge in [0.05, 0.1) is 7.11 Å². The summed E-state index contributed by atoms with van der Waals surface area (Å²) in [6.07, 6.45) is 0. The largest absolute Gasteiger partial charge is 0.497 e. The summed E-state index contributed by atoms with van der Waals surface area (Å²) in [6.45, 7) is 3.58. The first-order valence-electron chi connectivity index (χ1n) is 6.13. The van der Waals surface area contributed by atoms with Gasteiger partial charge in [0.1, 0.15) is 5.75 Å². The highest BCUT2D eigenvalue weighted by atomic mass is 16.5. The minimum atomic E-state index is 0.0649. The number of anilines is 2. The molecule has 0 heterocycles. The number of carbonyl (C=O) groups is 1. The lowest BCUT2D eigenvalue weighted by Gasteiger charge is -2.11. The van der Waals surface area contributed by atoms with Crippen LogP contribution in [0.1, 0.15) is 22.8 Å². The maximum atomic E-state index is 11.4. The molecular formula is C16H17NO2. The molecule has 0 amide bonds. The summed E-state index contributed by atoms with van der Waals surface area (Å²) in [5.41, 5.74) is 3.70. The van der Waals surface area contributed by atoms with Crippen LogP contribution >= 0.6 is 0 Å². The van der Waals surface area contributed by atoms with E-state index < -0.39 is 0 Å². The number of hydrogen-bond donors (Lipinski definition) is 1. The molecule has 0 aliphatic carbocycles. The molecule has 98 valence electrons. The van der Waals surface area contributed by atoms with E-state index in [9.17, 15) is 4.79 Å². The van der Waals surface area contributed by atoms with Crippen molar-refractivity contribution >= 4 is 17.2 Å². The average Bonchev–Trinajstić information content (AvgIpc) is 2.41. The van der Waals surface area contributed by atoms with Gasteiger partial charge in [0.25, 0.3) is 0 Å². The summed E-state index contributed by atoms with van der Waals surface area (Å²) in [6, 6.07) is 13.3. The van der Waals surface area contributed by atoms with E-state index in [-0.39, 0.29) is 5.78 Å². The second kappa shape index (κ2) is 5.57. The Labute approximate surface area is 113 Å². The third-order valence-electron chi connectivity index (χ3n) is 2.98. The number of nitrogens with one attached hydrogen (secondary N) is 1. The Balaban J connectivity index is 2.26. The number of ketones is 1. The second-order valence-electron chi connectivity index (χ2n) is 4.44. The molecule has 0 saturated carbocycles. The monoisotopic (exact) mass is 255 g/mol. The van der Waals surface area contributed by atoms with E-state index in [0.29, 0.717) is 5.56 Å². The number of rotatable bonds is 4. The Bertz CT molecular complexity index is 605. The van der Waals surface area contributed by atoms with Crippen molar-refractivity contribution in [2.75, 3.05) is 12.4 Å². The third kappa shape index (κ3) is 3.13. The summed E-state index contributed by atoms with van der Waals surface area (Å²) in [5, 5.41) is 3.31. The van der Waals surface area contributed by atoms with Crippen LogP contribution in [0.2, 0.25) is 0 Å². The van der Waals surface area contributed by atoms with Crippen LogP contribution in [0.25, 0.3) is 0 Å². The molecule has 0 saturated heterocycles. The van der Waals surface area contributed by atoms with Gasteiger partial charge in [-0.3, -0.25) is 4.79 Å². The molecule has 0 bridgehead atoms. The smallest absolute Gasteiger partial charge is 0.159 e. The van der Waals surface area contributed by atoms with Gasteiger partial charge < -0.3 is 10.1 Å². The highest BCUT2D eigenvalue weighted by Crippen LogP contribution is 2.25. The predicted octanol–water partition coefficient (Wildman–Crippen LogP) is 3.95. The van der Waals surface area contributed by atoms with E-state index in [2.05, 4.69) is 5.32 Å². The molecule has 3 nitrogen and oxygen atoms in total. The van der Waals surface area contributed by atoms with E-state index >= 15 is 0 Å². The first-order valence-corrected chi connectivity index (χ1v) is 6.13. The molecule has 2 rings (SSSR count). The third-order valence-corrected chi connectivity index (χ3v) is 2.98. The van der Waals surface area contributed by atoms with E-state index in [1.807, 2.05) is 49.4 Å². The molecule has 2 aromatic rings. The lowest BCUT2D eigenvalue weighted by atomic mass is 10.1. The maximum absolute atomic E-state index is 11.4. The Morgan fingerprint density at radius 3 is 2.58 bits per heavy atom. The summed E-state index contributed by atoms with van der Waals surface area (Å²) in [5.74, 6) is 0.899. The Morgan fingerprint density at radius 1 is 1.16 bits per heavy atom. The van der Waals surface area contributed by atoms with Gasteiger partial charge in [0.15, 0.2) is 5.78 Å². The second-order valence-corrected chi connectivity index (χ2v) is 4.44. The SMILES string of the molecule is COc1ccc(Nc2cccc(C(C)=O)c2)c(C)c1. The van der Waals surface area contributed by atoms with Crippen LogP contribution in [0, 0.1) is 6.92 Å².